The fourth-order valence-corrected chi connectivity index (χ4v) is 12.2. The number of rotatable bonds is 6. The maximum absolute atomic E-state index is 6.71. The molecule has 0 N–H and O–H groups in total. The molecule has 0 bridgehead atoms. The number of furan rings is 2. The summed E-state index contributed by atoms with van der Waals surface area (Å²) in [6, 6.07) is 74.7. The number of anilines is 6. The summed E-state index contributed by atoms with van der Waals surface area (Å²) in [5.41, 5.74) is 20.0. The fraction of sp³-hybridized carbons (Fsp3) is 0.147. The standard InChI is InChI=1S/C64H46N2O2.2C2H6/c1-63(2)51-27-15-26-50-53(66(40-20-9-6-10-21-40)55-29-17-25-49-44-23-12-14-31-57(44)68-62(49)55)37-36-45(58(50)51)47-35-34-46-42-33-32-41(38-52(42)64(3,4)59(46)60(47)63)65(39-18-7-5-8-19-39)54-28-16-24-48-43-22-11-13-30-56(43)67-61(48)54;2*1-2/h5-38H,1-4H3;2*1-2H3. The van der Waals surface area contributed by atoms with Gasteiger partial charge in [0.05, 0.1) is 17.1 Å². The average Bonchev–Trinajstić information content (AvgIpc) is 4.08. The number of hydrogen-bond donors (Lipinski definition) is 0. The van der Waals surface area contributed by atoms with E-state index >= 15 is 0 Å². The number of hydrogen-bond acceptors (Lipinski definition) is 4. The van der Waals surface area contributed by atoms with Crippen LogP contribution in [0.15, 0.2) is 215 Å². The van der Waals surface area contributed by atoms with Crippen LogP contribution >= 0.6 is 0 Å². The molecule has 0 fully saturated rings. The summed E-state index contributed by atoms with van der Waals surface area (Å²) < 4.78 is 13.4. The number of nitrogens with zero attached hydrogens (tertiary/aromatic N) is 2. The molecule has 0 spiro atoms. The van der Waals surface area contributed by atoms with Crippen LogP contribution in [0, 0.1) is 0 Å². The molecular weight excluding hydrogens is 877 g/mol. The smallest absolute Gasteiger partial charge is 0.159 e. The van der Waals surface area contributed by atoms with Crippen LogP contribution in [0.25, 0.3) is 76.9 Å². The molecule has 4 heteroatoms. The summed E-state index contributed by atoms with van der Waals surface area (Å²) in [5.74, 6) is 0. The first-order valence-electron chi connectivity index (χ1n) is 25.7. The largest absolute Gasteiger partial charge is 0.454 e. The number of para-hydroxylation sites is 6. The third-order valence-electron chi connectivity index (χ3n) is 15.2. The molecule has 0 unspecified atom stereocenters. The van der Waals surface area contributed by atoms with E-state index in [0.717, 1.165) is 78.0 Å². The Labute approximate surface area is 422 Å². The molecule has 352 valence electrons. The molecule has 2 aromatic heterocycles. The van der Waals surface area contributed by atoms with Crippen LogP contribution in [0.4, 0.5) is 34.1 Å². The van der Waals surface area contributed by atoms with Crippen LogP contribution in [-0.2, 0) is 10.8 Å². The Morgan fingerprint density at radius 3 is 1.36 bits per heavy atom. The lowest BCUT2D eigenvalue weighted by Crippen LogP contribution is -2.29. The second-order valence-corrected chi connectivity index (χ2v) is 19.6. The lowest BCUT2D eigenvalue weighted by Gasteiger charge is -2.40. The monoisotopic (exact) mass is 934 g/mol. The second kappa shape index (κ2) is 17.2. The Bertz CT molecular complexity index is 4040. The summed E-state index contributed by atoms with van der Waals surface area (Å²) in [7, 11) is 0. The van der Waals surface area contributed by atoms with Crippen LogP contribution in [-0.4, -0.2) is 0 Å². The van der Waals surface area contributed by atoms with Gasteiger partial charge in [-0.15, -0.1) is 0 Å². The lowest BCUT2D eigenvalue weighted by molar-refractivity contribution is 0.591. The highest BCUT2D eigenvalue weighted by Gasteiger charge is 2.45. The summed E-state index contributed by atoms with van der Waals surface area (Å²) in [6.45, 7) is 17.7. The normalized spacial score (nSPS) is 13.5. The third-order valence-corrected chi connectivity index (χ3v) is 15.2. The lowest BCUT2D eigenvalue weighted by atomic mass is 9.63. The van der Waals surface area contributed by atoms with Gasteiger partial charge in [0, 0.05) is 54.8 Å². The summed E-state index contributed by atoms with van der Waals surface area (Å²) in [5, 5.41) is 6.98. The minimum atomic E-state index is -0.322. The SMILES string of the molecule is CC.CC.CC1(C)c2cc(N(c3ccccc3)c3cccc4c3oc3ccccc34)ccc2-c2ccc3c(c21)C(C)(C)c1cccc2c(N(c4ccccc4)c4cccc5c4oc4ccccc45)ccc-3c12. The topological polar surface area (TPSA) is 32.8 Å². The Morgan fingerprint density at radius 2 is 0.764 bits per heavy atom. The summed E-state index contributed by atoms with van der Waals surface area (Å²) in [6.07, 6.45) is 0. The molecule has 72 heavy (non-hydrogen) atoms. The third kappa shape index (κ3) is 6.51. The van der Waals surface area contributed by atoms with E-state index in [2.05, 4.69) is 232 Å². The van der Waals surface area contributed by atoms with Gasteiger partial charge in [0.1, 0.15) is 11.2 Å². The highest BCUT2D eigenvalue weighted by atomic mass is 16.3. The molecule has 10 aromatic carbocycles. The predicted molar refractivity (Wildman–Crippen MR) is 306 cm³/mol. The number of benzene rings is 10. The van der Waals surface area contributed by atoms with Gasteiger partial charge in [0.25, 0.3) is 0 Å². The first kappa shape index (κ1) is 44.8. The van der Waals surface area contributed by atoms with Gasteiger partial charge in [-0.05, 0) is 117 Å². The number of fused-ring (bicyclic) bond motifs is 12. The molecule has 2 heterocycles. The molecule has 0 atom stereocenters. The van der Waals surface area contributed by atoms with E-state index in [4.69, 9.17) is 8.83 Å². The van der Waals surface area contributed by atoms with Gasteiger partial charge >= 0.3 is 0 Å². The van der Waals surface area contributed by atoms with Crippen molar-refractivity contribution in [3.8, 4) is 22.3 Å². The van der Waals surface area contributed by atoms with E-state index in [9.17, 15) is 0 Å². The molecule has 12 aromatic rings. The summed E-state index contributed by atoms with van der Waals surface area (Å²) in [4.78, 5) is 4.76. The fourth-order valence-electron chi connectivity index (χ4n) is 12.2. The van der Waals surface area contributed by atoms with Crippen molar-refractivity contribution in [2.24, 2.45) is 0 Å². The van der Waals surface area contributed by atoms with E-state index in [1.54, 1.807) is 0 Å². The van der Waals surface area contributed by atoms with E-state index in [1.807, 2.05) is 39.8 Å². The highest BCUT2D eigenvalue weighted by molar-refractivity contribution is 6.15. The Hall–Kier alpha value is -8.34. The Kier molecular flexibility index (Phi) is 10.7. The van der Waals surface area contributed by atoms with E-state index < -0.39 is 0 Å². The highest BCUT2D eigenvalue weighted by Crippen LogP contribution is 2.60. The maximum atomic E-state index is 6.71. The maximum Gasteiger partial charge on any atom is 0.159 e. The quantitative estimate of drug-likeness (QED) is 0.166. The Balaban J connectivity index is 0.00000129. The van der Waals surface area contributed by atoms with E-state index in [-0.39, 0.29) is 10.8 Å². The van der Waals surface area contributed by atoms with Gasteiger partial charge < -0.3 is 18.6 Å². The van der Waals surface area contributed by atoms with Gasteiger partial charge in [-0.25, -0.2) is 0 Å². The molecule has 0 saturated heterocycles. The van der Waals surface area contributed by atoms with Gasteiger partial charge in [-0.3, -0.25) is 0 Å². The molecule has 2 aliphatic rings. The van der Waals surface area contributed by atoms with Crippen molar-refractivity contribution in [3.05, 3.63) is 229 Å². The van der Waals surface area contributed by atoms with Crippen LogP contribution in [0.1, 0.15) is 77.6 Å². The van der Waals surface area contributed by atoms with Crippen LogP contribution in [0.5, 0.6) is 0 Å². The molecular formula is C68H58N2O2. The first-order chi connectivity index (χ1) is 35.3. The first-order valence-corrected chi connectivity index (χ1v) is 25.7. The van der Waals surface area contributed by atoms with Crippen molar-refractivity contribution in [1.82, 2.24) is 0 Å². The van der Waals surface area contributed by atoms with Gasteiger partial charge in [-0.1, -0.05) is 195 Å². The minimum absolute atomic E-state index is 0.308. The average molecular weight is 935 g/mol. The van der Waals surface area contributed by atoms with Crippen LogP contribution in [0.3, 0.4) is 0 Å². The van der Waals surface area contributed by atoms with Gasteiger partial charge in [-0.2, -0.15) is 0 Å². The molecule has 0 radical (unpaired) electrons. The zero-order valence-corrected chi connectivity index (χ0v) is 42.3. The van der Waals surface area contributed by atoms with Crippen molar-refractivity contribution in [2.75, 3.05) is 9.80 Å². The van der Waals surface area contributed by atoms with Crippen LogP contribution < -0.4 is 9.80 Å². The molecule has 14 rings (SSSR count). The predicted octanol–water partition coefficient (Wildman–Crippen LogP) is 20.2. The molecule has 0 saturated carbocycles. The molecule has 0 amide bonds. The van der Waals surface area contributed by atoms with Gasteiger partial charge in [0.15, 0.2) is 11.2 Å². The minimum Gasteiger partial charge on any atom is -0.454 e. The van der Waals surface area contributed by atoms with Crippen molar-refractivity contribution in [1.29, 1.82) is 0 Å². The zero-order chi connectivity index (χ0) is 49.5. The van der Waals surface area contributed by atoms with Crippen molar-refractivity contribution < 1.29 is 8.83 Å². The second-order valence-electron chi connectivity index (χ2n) is 19.6. The molecule has 2 aliphatic carbocycles. The Morgan fingerprint density at radius 1 is 0.319 bits per heavy atom. The van der Waals surface area contributed by atoms with Gasteiger partial charge in [0.2, 0.25) is 0 Å². The van der Waals surface area contributed by atoms with E-state index in [1.165, 1.54) is 55.3 Å². The van der Waals surface area contributed by atoms with E-state index in [0.29, 0.717) is 0 Å². The molecule has 0 aliphatic heterocycles. The van der Waals surface area contributed by atoms with Crippen LogP contribution in [0.2, 0.25) is 0 Å². The van der Waals surface area contributed by atoms with Crippen molar-refractivity contribution in [2.45, 2.75) is 66.2 Å². The van der Waals surface area contributed by atoms with Crippen molar-refractivity contribution >= 4 is 88.8 Å². The summed E-state index contributed by atoms with van der Waals surface area (Å²) >= 11 is 0. The zero-order valence-electron chi connectivity index (χ0n) is 42.3. The molecule has 4 nitrogen and oxygen atoms in total. The van der Waals surface area contributed by atoms with Crippen molar-refractivity contribution in [3.63, 3.8) is 0 Å².